The number of anilines is 2. The van der Waals surface area contributed by atoms with Crippen LogP contribution in [0.15, 0.2) is 57.9 Å². The highest BCUT2D eigenvalue weighted by Crippen LogP contribution is 2.42. The van der Waals surface area contributed by atoms with Gasteiger partial charge in [0.15, 0.2) is 5.50 Å². The summed E-state index contributed by atoms with van der Waals surface area (Å²) in [4.78, 5) is 18.6. The average molecular weight is 501 g/mol. The lowest BCUT2D eigenvalue weighted by molar-refractivity contribution is -0.129. The maximum Gasteiger partial charge on any atom is 0.262 e. The number of amides is 1. The van der Waals surface area contributed by atoms with Gasteiger partial charge in [-0.1, -0.05) is 55.8 Å². The Labute approximate surface area is 198 Å². The average Bonchev–Trinajstić information content (AvgIpc) is 3.03. The van der Waals surface area contributed by atoms with Crippen LogP contribution in [0.2, 0.25) is 0 Å². The van der Waals surface area contributed by atoms with Gasteiger partial charge in [0.25, 0.3) is 5.91 Å². The standard InChI is InChI=1S/C25H30BrN3OS/c1-17-9-7-8-12-21(17)29-24(30)23(31-25(29)27-19-10-5-4-6-11-19)16-18-13-14-22(28(2)3)20(26)15-18/h4-6,10-11,13-17,21,25,27H,7-9,12H2,1-3H3/b23-16-/t17-,21-,25?/m0/s1. The number of nitrogens with zero attached hydrogens (tertiary/aromatic N) is 2. The third kappa shape index (κ3) is 4.96. The summed E-state index contributed by atoms with van der Waals surface area (Å²) < 4.78 is 1.03. The first-order valence-electron chi connectivity index (χ1n) is 10.9. The highest BCUT2D eigenvalue weighted by molar-refractivity contribution is 9.10. The van der Waals surface area contributed by atoms with E-state index in [-0.39, 0.29) is 17.4 Å². The van der Waals surface area contributed by atoms with E-state index in [0.717, 1.165) is 32.7 Å². The summed E-state index contributed by atoms with van der Waals surface area (Å²) in [7, 11) is 4.05. The van der Waals surface area contributed by atoms with E-state index in [2.05, 4.69) is 68.3 Å². The zero-order valence-corrected chi connectivity index (χ0v) is 20.7. The molecule has 2 aromatic carbocycles. The van der Waals surface area contributed by atoms with Crippen molar-refractivity contribution in [3.8, 4) is 0 Å². The van der Waals surface area contributed by atoms with Gasteiger partial charge in [-0.3, -0.25) is 4.79 Å². The summed E-state index contributed by atoms with van der Waals surface area (Å²) >= 11 is 5.29. The molecule has 1 N–H and O–H groups in total. The molecule has 1 unspecified atom stereocenters. The highest BCUT2D eigenvalue weighted by Gasteiger charge is 2.42. The molecule has 0 radical (unpaired) electrons. The Morgan fingerprint density at radius 1 is 1.13 bits per heavy atom. The summed E-state index contributed by atoms with van der Waals surface area (Å²) in [5, 5.41) is 3.60. The largest absolute Gasteiger partial charge is 0.377 e. The zero-order chi connectivity index (χ0) is 22.0. The Morgan fingerprint density at radius 3 is 2.55 bits per heavy atom. The van der Waals surface area contributed by atoms with Gasteiger partial charge in [0, 0.05) is 30.3 Å². The van der Waals surface area contributed by atoms with Crippen LogP contribution in [0.3, 0.4) is 0 Å². The van der Waals surface area contributed by atoms with E-state index in [1.807, 2.05) is 38.4 Å². The van der Waals surface area contributed by atoms with Crippen LogP contribution in [0.5, 0.6) is 0 Å². The Morgan fingerprint density at radius 2 is 1.87 bits per heavy atom. The lowest BCUT2D eigenvalue weighted by atomic mass is 9.85. The third-order valence-electron chi connectivity index (χ3n) is 6.18. The second kappa shape index (κ2) is 9.70. The molecule has 1 saturated heterocycles. The SMILES string of the molecule is C[C@H]1CCCC[C@@H]1N1C(=O)/C(=C/c2ccc(N(C)C)c(Br)c2)SC1Nc1ccccc1. The van der Waals surface area contributed by atoms with E-state index in [1.54, 1.807) is 11.8 Å². The Hall–Kier alpha value is -1.92. The number of carbonyl (C=O) groups excluding carboxylic acids is 1. The molecule has 2 fully saturated rings. The zero-order valence-electron chi connectivity index (χ0n) is 18.3. The van der Waals surface area contributed by atoms with Crippen LogP contribution in [-0.2, 0) is 4.79 Å². The predicted molar refractivity (Wildman–Crippen MR) is 136 cm³/mol. The first-order valence-corrected chi connectivity index (χ1v) is 12.6. The van der Waals surface area contributed by atoms with Crippen molar-refractivity contribution in [2.45, 2.75) is 44.1 Å². The van der Waals surface area contributed by atoms with Crippen LogP contribution in [0.1, 0.15) is 38.2 Å². The van der Waals surface area contributed by atoms with Gasteiger partial charge in [0.1, 0.15) is 0 Å². The van der Waals surface area contributed by atoms with Crippen LogP contribution in [0, 0.1) is 5.92 Å². The van der Waals surface area contributed by atoms with Crippen molar-refractivity contribution in [2.24, 2.45) is 5.92 Å². The molecular formula is C25H30BrN3OS. The number of nitrogens with one attached hydrogen (secondary N) is 1. The van der Waals surface area contributed by atoms with Gasteiger partial charge in [-0.15, -0.1) is 0 Å². The molecule has 4 nitrogen and oxygen atoms in total. The summed E-state index contributed by atoms with van der Waals surface area (Å²) in [6.07, 6.45) is 6.76. The number of halogens is 1. The second-order valence-corrected chi connectivity index (χ2v) is 10.6. The fourth-order valence-electron chi connectivity index (χ4n) is 4.49. The van der Waals surface area contributed by atoms with Gasteiger partial charge < -0.3 is 15.1 Å². The van der Waals surface area contributed by atoms with Gasteiger partial charge in [0.2, 0.25) is 0 Å². The molecule has 1 aliphatic heterocycles. The van der Waals surface area contributed by atoms with E-state index in [4.69, 9.17) is 0 Å². The normalized spacial score (nSPS) is 25.2. The fourth-order valence-corrected chi connectivity index (χ4v) is 6.46. The van der Waals surface area contributed by atoms with E-state index >= 15 is 0 Å². The molecular weight excluding hydrogens is 470 g/mol. The topological polar surface area (TPSA) is 35.6 Å². The number of benzene rings is 2. The molecule has 1 amide bonds. The van der Waals surface area contributed by atoms with Gasteiger partial charge in [-0.2, -0.15) is 0 Å². The monoisotopic (exact) mass is 499 g/mol. The molecule has 6 heteroatoms. The minimum Gasteiger partial charge on any atom is -0.377 e. The molecule has 1 heterocycles. The summed E-state index contributed by atoms with van der Waals surface area (Å²) in [5.41, 5.74) is 3.11. The number of hydrogen-bond acceptors (Lipinski definition) is 4. The van der Waals surface area contributed by atoms with Crippen LogP contribution in [0.4, 0.5) is 11.4 Å². The van der Waals surface area contributed by atoms with Crippen LogP contribution >= 0.6 is 27.7 Å². The smallest absolute Gasteiger partial charge is 0.262 e. The molecule has 0 aromatic heterocycles. The molecule has 1 saturated carbocycles. The molecule has 31 heavy (non-hydrogen) atoms. The maximum absolute atomic E-state index is 13.6. The maximum atomic E-state index is 13.6. The van der Waals surface area contributed by atoms with E-state index in [1.165, 1.54) is 19.3 Å². The van der Waals surface area contributed by atoms with Gasteiger partial charge in [-0.25, -0.2) is 0 Å². The minimum atomic E-state index is -0.0869. The van der Waals surface area contributed by atoms with Gasteiger partial charge in [-0.05, 0) is 70.6 Å². The molecule has 0 spiro atoms. The number of carbonyl (C=O) groups is 1. The molecule has 3 atom stereocenters. The summed E-state index contributed by atoms with van der Waals surface area (Å²) in [6, 6.07) is 16.7. The summed E-state index contributed by atoms with van der Waals surface area (Å²) in [5.74, 6) is 0.663. The highest BCUT2D eigenvalue weighted by atomic mass is 79.9. The van der Waals surface area contributed by atoms with Crippen molar-refractivity contribution in [3.63, 3.8) is 0 Å². The van der Waals surface area contributed by atoms with Crippen molar-refractivity contribution in [2.75, 3.05) is 24.3 Å². The first-order chi connectivity index (χ1) is 14.9. The molecule has 164 valence electrons. The van der Waals surface area contributed by atoms with E-state index < -0.39 is 0 Å². The Kier molecular flexibility index (Phi) is 6.97. The van der Waals surface area contributed by atoms with Crippen molar-refractivity contribution in [1.29, 1.82) is 0 Å². The Balaban J connectivity index is 1.64. The number of hydrogen-bond donors (Lipinski definition) is 1. The van der Waals surface area contributed by atoms with Gasteiger partial charge >= 0.3 is 0 Å². The third-order valence-corrected chi connectivity index (χ3v) is 7.93. The second-order valence-electron chi connectivity index (χ2n) is 8.64. The number of para-hydroxylation sites is 1. The first kappa shape index (κ1) is 22.3. The van der Waals surface area contributed by atoms with E-state index in [9.17, 15) is 4.79 Å². The van der Waals surface area contributed by atoms with E-state index in [0.29, 0.717) is 5.92 Å². The Bertz CT molecular complexity index is 962. The quantitative estimate of drug-likeness (QED) is 0.482. The van der Waals surface area contributed by atoms with Crippen LogP contribution in [0.25, 0.3) is 6.08 Å². The lowest BCUT2D eigenvalue weighted by Crippen LogP contribution is -2.48. The lowest BCUT2D eigenvalue weighted by Gasteiger charge is -2.39. The van der Waals surface area contributed by atoms with Crippen molar-refractivity contribution in [1.82, 2.24) is 4.90 Å². The minimum absolute atomic E-state index is 0.0869. The van der Waals surface area contributed by atoms with Crippen molar-refractivity contribution >= 4 is 51.0 Å². The predicted octanol–water partition coefficient (Wildman–Crippen LogP) is 6.41. The van der Waals surface area contributed by atoms with Crippen LogP contribution in [-0.4, -0.2) is 36.4 Å². The molecule has 1 aliphatic carbocycles. The van der Waals surface area contributed by atoms with Crippen LogP contribution < -0.4 is 10.2 Å². The van der Waals surface area contributed by atoms with Crippen molar-refractivity contribution < 1.29 is 4.79 Å². The number of rotatable bonds is 5. The fraction of sp³-hybridized carbons (Fsp3) is 0.400. The molecule has 0 bridgehead atoms. The molecule has 2 aromatic rings. The summed E-state index contributed by atoms with van der Waals surface area (Å²) in [6.45, 7) is 2.29. The molecule has 4 rings (SSSR count). The molecule has 2 aliphatic rings. The number of thioether (sulfide) groups is 1. The van der Waals surface area contributed by atoms with Gasteiger partial charge in [0.05, 0.1) is 10.6 Å². The van der Waals surface area contributed by atoms with Crippen molar-refractivity contribution in [3.05, 3.63) is 63.5 Å².